The maximum absolute atomic E-state index is 8.96. The molecule has 6 nitrogen and oxygen atoms in total. The molecule has 0 saturated carbocycles. The van der Waals surface area contributed by atoms with Gasteiger partial charge in [-0.05, 0) is 25.0 Å². The Morgan fingerprint density at radius 2 is 2.10 bits per heavy atom. The van der Waals surface area contributed by atoms with Gasteiger partial charge in [-0.1, -0.05) is 6.92 Å². The van der Waals surface area contributed by atoms with Crippen LogP contribution in [-0.2, 0) is 6.54 Å². The van der Waals surface area contributed by atoms with Crippen molar-refractivity contribution < 1.29 is 4.74 Å². The third-order valence-electron chi connectivity index (χ3n) is 2.96. The van der Waals surface area contributed by atoms with Crippen molar-refractivity contribution in [2.75, 3.05) is 5.32 Å². The van der Waals surface area contributed by atoms with Crippen LogP contribution in [-0.4, -0.2) is 21.1 Å². The summed E-state index contributed by atoms with van der Waals surface area (Å²) in [6.45, 7) is 4.59. The lowest BCUT2D eigenvalue weighted by molar-refractivity contribution is 0.208. The van der Waals surface area contributed by atoms with Crippen molar-refractivity contribution in [3.05, 3.63) is 42.0 Å². The van der Waals surface area contributed by atoms with E-state index in [0.29, 0.717) is 18.2 Å². The van der Waals surface area contributed by atoms with Gasteiger partial charge in [0.25, 0.3) is 0 Å². The van der Waals surface area contributed by atoms with E-state index in [2.05, 4.69) is 27.2 Å². The Labute approximate surface area is 123 Å². The normalized spacial score (nSPS) is 11.5. The van der Waals surface area contributed by atoms with Crippen molar-refractivity contribution in [3.8, 4) is 11.9 Å². The molecule has 21 heavy (non-hydrogen) atoms. The standard InChI is InChI=1S/C15H17N5O/c1-3-11(2)21-14-8-12(4-5-18-14)10-20-15-13(9-16)17-6-7-19-15/h4-8,11H,3,10H2,1-2H3,(H,19,20). The molecular weight excluding hydrogens is 266 g/mol. The first-order chi connectivity index (χ1) is 10.2. The lowest BCUT2D eigenvalue weighted by atomic mass is 10.2. The highest BCUT2D eigenvalue weighted by molar-refractivity contribution is 5.47. The summed E-state index contributed by atoms with van der Waals surface area (Å²) in [7, 11) is 0. The van der Waals surface area contributed by atoms with E-state index >= 15 is 0 Å². The number of nitrogens with one attached hydrogen (secondary N) is 1. The molecule has 0 fully saturated rings. The summed E-state index contributed by atoms with van der Waals surface area (Å²) in [6, 6.07) is 5.77. The number of hydrogen-bond acceptors (Lipinski definition) is 6. The number of aromatic nitrogens is 3. The predicted octanol–water partition coefficient (Wildman–Crippen LogP) is 2.53. The second-order valence-electron chi connectivity index (χ2n) is 4.56. The molecule has 1 N–H and O–H groups in total. The minimum Gasteiger partial charge on any atom is -0.475 e. The highest BCUT2D eigenvalue weighted by Gasteiger charge is 2.06. The number of nitrogens with zero attached hydrogens (tertiary/aromatic N) is 4. The molecule has 0 aliphatic rings. The van der Waals surface area contributed by atoms with Crippen molar-refractivity contribution >= 4 is 5.82 Å². The third kappa shape index (κ3) is 4.14. The van der Waals surface area contributed by atoms with Crippen LogP contribution < -0.4 is 10.1 Å². The fourth-order valence-electron chi connectivity index (χ4n) is 1.65. The van der Waals surface area contributed by atoms with Gasteiger partial charge in [0.15, 0.2) is 11.5 Å². The largest absolute Gasteiger partial charge is 0.475 e. The number of rotatable bonds is 6. The molecule has 1 atom stereocenters. The Morgan fingerprint density at radius 3 is 2.86 bits per heavy atom. The van der Waals surface area contributed by atoms with E-state index < -0.39 is 0 Å². The number of anilines is 1. The minimum absolute atomic E-state index is 0.130. The number of nitriles is 1. The zero-order valence-corrected chi connectivity index (χ0v) is 12.1. The molecule has 108 valence electrons. The highest BCUT2D eigenvalue weighted by atomic mass is 16.5. The molecule has 0 spiro atoms. The second-order valence-corrected chi connectivity index (χ2v) is 4.56. The van der Waals surface area contributed by atoms with Crippen molar-refractivity contribution in [3.63, 3.8) is 0 Å². The topological polar surface area (TPSA) is 83.7 Å². The van der Waals surface area contributed by atoms with E-state index in [1.54, 1.807) is 12.4 Å². The van der Waals surface area contributed by atoms with E-state index in [4.69, 9.17) is 10.00 Å². The molecule has 0 bridgehead atoms. The number of hydrogen-bond donors (Lipinski definition) is 1. The molecular formula is C15H17N5O. The highest BCUT2D eigenvalue weighted by Crippen LogP contribution is 2.14. The Bertz CT molecular complexity index is 638. The molecule has 0 amide bonds. The summed E-state index contributed by atoms with van der Waals surface area (Å²) in [4.78, 5) is 12.2. The quantitative estimate of drug-likeness (QED) is 0.877. The van der Waals surface area contributed by atoms with Gasteiger partial charge in [0.1, 0.15) is 6.07 Å². The summed E-state index contributed by atoms with van der Waals surface area (Å²) in [5.74, 6) is 1.07. The second kappa shape index (κ2) is 7.20. The van der Waals surface area contributed by atoms with Gasteiger partial charge < -0.3 is 10.1 Å². The lowest BCUT2D eigenvalue weighted by Gasteiger charge is -2.12. The molecule has 2 rings (SSSR count). The zero-order chi connectivity index (χ0) is 15.1. The van der Waals surface area contributed by atoms with Crippen LogP contribution in [0.2, 0.25) is 0 Å². The van der Waals surface area contributed by atoms with Gasteiger partial charge in [-0.2, -0.15) is 5.26 Å². The van der Waals surface area contributed by atoms with Crippen LogP contribution in [0.3, 0.4) is 0 Å². The van der Waals surface area contributed by atoms with Crippen LogP contribution in [0, 0.1) is 11.3 Å². The minimum atomic E-state index is 0.130. The Hall–Kier alpha value is -2.68. The fourth-order valence-corrected chi connectivity index (χ4v) is 1.65. The van der Waals surface area contributed by atoms with Gasteiger partial charge in [-0.25, -0.2) is 15.0 Å². The molecule has 1 unspecified atom stereocenters. The molecule has 0 aromatic carbocycles. The Kier molecular flexibility index (Phi) is 5.04. The van der Waals surface area contributed by atoms with Crippen LogP contribution in [0.1, 0.15) is 31.5 Å². The van der Waals surface area contributed by atoms with Crippen LogP contribution in [0.4, 0.5) is 5.82 Å². The third-order valence-corrected chi connectivity index (χ3v) is 2.96. The van der Waals surface area contributed by atoms with E-state index in [0.717, 1.165) is 12.0 Å². The molecule has 6 heteroatoms. The summed E-state index contributed by atoms with van der Waals surface area (Å²) in [5.41, 5.74) is 1.28. The molecule has 2 aromatic rings. The fraction of sp³-hybridized carbons (Fsp3) is 0.333. The lowest BCUT2D eigenvalue weighted by Crippen LogP contribution is -2.11. The summed E-state index contributed by atoms with van der Waals surface area (Å²) < 4.78 is 5.68. The van der Waals surface area contributed by atoms with Crippen LogP contribution in [0.15, 0.2) is 30.7 Å². The Morgan fingerprint density at radius 1 is 1.29 bits per heavy atom. The molecule has 2 aromatic heterocycles. The molecule has 0 aliphatic heterocycles. The van der Waals surface area contributed by atoms with Gasteiger partial charge in [0.05, 0.1) is 6.10 Å². The molecule has 0 saturated heterocycles. The SMILES string of the molecule is CCC(C)Oc1cc(CNc2nccnc2C#N)ccn1. The van der Waals surface area contributed by atoms with Gasteiger partial charge in [0, 0.05) is 31.2 Å². The van der Waals surface area contributed by atoms with E-state index in [1.807, 2.05) is 25.1 Å². The van der Waals surface area contributed by atoms with Crippen LogP contribution >= 0.6 is 0 Å². The van der Waals surface area contributed by atoms with Gasteiger partial charge in [0.2, 0.25) is 5.88 Å². The summed E-state index contributed by atoms with van der Waals surface area (Å²) >= 11 is 0. The average molecular weight is 283 g/mol. The average Bonchev–Trinajstić information content (AvgIpc) is 2.53. The Balaban J connectivity index is 2.03. The molecule has 0 aliphatic carbocycles. The van der Waals surface area contributed by atoms with Crippen LogP contribution in [0.25, 0.3) is 0 Å². The first-order valence-corrected chi connectivity index (χ1v) is 6.79. The van der Waals surface area contributed by atoms with Crippen molar-refractivity contribution in [1.82, 2.24) is 15.0 Å². The van der Waals surface area contributed by atoms with Crippen molar-refractivity contribution in [2.24, 2.45) is 0 Å². The van der Waals surface area contributed by atoms with E-state index in [9.17, 15) is 0 Å². The zero-order valence-electron chi connectivity index (χ0n) is 12.1. The molecule has 0 radical (unpaired) electrons. The van der Waals surface area contributed by atoms with Gasteiger partial charge in [-0.15, -0.1) is 0 Å². The smallest absolute Gasteiger partial charge is 0.213 e. The maximum Gasteiger partial charge on any atom is 0.213 e. The van der Waals surface area contributed by atoms with Crippen molar-refractivity contribution in [2.45, 2.75) is 32.9 Å². The number of pyridine rings is 1. The monoisotopic (exact) mass is 283 g/mol. The van der Waals surface area contributed by atoms with Crippen molar-refractivity contribution in [1.29, 1.82) is 5.26 Å². The predicted molar refractivity (Wildman–Crippen MR) is 78.7 cm³/mol. The number of ether oxygens (including phenoxy) is 1. The summed E-state index contributed by atoms with van der Waals surface area (Å²) in [6.07, 6.45) is 5.80. The van der Waals surface area contributed by atoms with E-state index in [-0.39, 0.29) is 11.8 Å². The summed E-state index contributed by atoms with van der Waals surface area (Å²) in [5, 5.41) is 12.1. The van der Waals surface area contributed by atoms with E-state index in [1.165, 1.54) is 6.20 Å². The first kappa shape index (κ1) is 14.7. The van der Waals surface area contributed by atoms with Gasteiger partial charge in [-0.3, -0.25) is 0 Å². The van der Waals surface area contributed by atoms with Gasteiger partial charge >= 0.3 is 0 Å². The van der Waals surface area contributed by atoms with Crippen LogP contribution in [0.5, 0.6) is 5.88 Å². The first-order valence-electron chi connectivity index (χ1n) is 6.79. The molecule has 2 heterocycles. The maximum atomic E-state index is 8.96.